The predicted octanol–water partition coefficient (Wildman–Crippen LogP) is 2.33. The van der Waals surface area contributed by atoms with E-state index in [-0.39, 0.29) is 16.9 Å². The van der Waals surface area contributed by atoms with Crippen LogP contribution in [0.1, 0.15) is 16.1 Å². The van der Waals surface area contributed by atoms with Gasteiger partial charge in [0.05, 0.1) is 29.6 Å². The summed E-state index contributed by atoms with van der Waals surface area (Å²) >= 11 is 1.32. The second kappa shape index (κ2) is 4.92. The molecule has 0 aliphatic rings. The third kappa shape index (κ3) is 1.93. The van der Waals surface area contributed by atoms with Crippen LogP contribution in [0.15, 0.2) is 29.8 Å². The Bertz CT molecular complexity index is 888. The highest BCUT2D eigenvalue weighted by molar-refractivity contribution is 7.04. The zero-order chi connectivity index (χ0) is 15.0. The second-order valence-electron chi connectivity index (χ2n) is 4.30. The molecule has 0 amide bonds. The average molecular weight is 298 g/mol. The van der Waals surface area contributed by atoms with Crippen molar-refractivity contribution in [3.05, 3.63) is 41.0 Å². The van der Waals surface area contributed by atoms with Gasteiger partial charge in [-0.2, -0.15) is 9.64 Å². The first-order valence-corrected chi connectivity index (χ1v) is 6.83. The number of aromatic nitrogens is 2. The van der Waals surface area contributed by atoms with Gasteiger partial charge in [0.25, 0.3) is 0 Å². The number of carbonyl (C=O) groups excluding carboxylic acids is 1. The summed E-state index contributed by atoms with van der Waals surface area (Å²) in [5.41, 5.74) is 7.93. The van der Waals surface area contributed by atoms with Gasteiger partial charge in [0, 0.05) is 17.0 Å². The number of fused-ring (bicyclic) bond motifs is 1. The maximum absolute atomic E-state index is 12.0. The number of esters is 1. The van der Waals surface area contributed by atoms with Crippen molar-refractivity contribution in [2.75, 3.05) is 12.8 Å². The quantitative estimate of drug-likeness (QED) is 0.733. The number of anilines is 1. The summed E-state index contributed by atoms with van der Waals surface area (Å²) in [7, 11) is 1.28. The lowest BCUT2D eigenvalue weighted by molar-refractivity contribution is 0.0593. The summed E-state index contributed by atoms with van der Waals surface area (Å²) in [5, 5.41) is 11.9. The topological polar surface area (TPSA) is 93.9 Å². The maximum Gasteiger partial charge on any atom is 0.357 e. The first-order chi connectivity index (χ1) is 10.2. The Balaban J connectivity index is 2.35. The van der Waals surface area contributed by atoms with Crippen molar-refractivity contribution >= 4 is 34.1 Å². The van der Waals surface area contributed by atoms with Gasteiger partial charge in [0.1, 0.15) is 6.07 Å². The van der Waals surface area contributed by atoms with Gasteiger partial charge in [0.15, 0.2) is 5.69 Å². The number of nitrogens with zero attached hydrogens (tertiary/aromatic N) is 3. The number of methoxy groups -OCH3 is 1. The van der Waals surface area contributed by atoms with E-state index < -0.39 is 5.97 Å². The van der Waals surface area contributed by atoms with Crippen molar-refractivity contribution in [2.24, 2.45) is 0 Å². The molecule has 0 aliphatic carbocycles. The minimum Gasteiger partial charge on any atom is -0.464 e. The van der Waals surface area contributed by atoms with Gasteiger partial charge in [-0.3, -0.25) is 0 Å². The number of benzene rings is 1. The number of hydrogen-bond donors (Lipinski definition) is 1. The number of ether oxygens (including phenoxy) is 1. The van der Waals surface area contributed by atoms with Crippen LogP contribution < -0.4 is 5.73 Å². The monoisotopic (exact) mass is 298 g/mol. The molecule has 6 nitrogen and oxygen atoms in total. The van der Waals surface area contributed by atoms with E-state index in [2.05, 4.69) is 4.37 Å². The molecule has 21 heavy (non-hydrogen) atoms. The van der Waals surface area contributed by atoms with Crippen LogP contribution in [0.5, 0.6) is 0 Å². The highest BCUT2D eigenvalue weighted by Gasteiger charge is 2.22. The number of rotatable bonds is 2. The molecule has 7 heteroatoms. The summed E-state index contributed by atoms with van der Waals surface area (Å²) in [4.78, 5) is 12.0. The lowest BCUT2D eigenvalue weighted by Crippen LogP contribution is -2.11. The molecule has 104 valence electrons. The van der Waals surface area contributed by atoms with Crippen LogP contribution in [0.4, 0.5) is 5.69 Å². The summed E-state index contributed by atoms with van der Waals surface area (Å²) in [6.45, 7) is 0. The van der Waals surface area contributed by atoms with Gasteiger partial charge in [-0.25, -0.2) is 4.79 Å². The molecule has 0 radical (unpaired) electrons. The zero-order valence-corrected chi connectivity index (χ0v) is 11.8. The molecule has 2 N–H and O–H groups in total. The Morgan fingerprint density at radius 3 is 3.05 bits per heavy atom. The molecular weight excluding hydrogens is 288 g/mol. The number of nitrogens with two attached hydrogens (primary N) is 1. The summed E-state index contributed by atoms with van der Waals surface area (Å²) in [6.07, 6.45) is 1.54. The Kier molecular flexibility index (Phi) is 3.08. The zero-order valence-electron chi connectivity index (χ0n) is 11.0. The minimum atomic E-state index is -0.589. The molecule has 0 fully saturated rings. The lowest BCUT2D eigenvalue weighted by atomic mass is 10.2. The Hall–Kier alpha value is -2.85. The Morgan fingerprint density at radius 2 is 2.33 bits per heavy atom. The largest absolute Gasteiger partial charge is 0.464 e. The van der Waals surface area contributed by atoms with Crippen LogP contribution in [-0.4, -0.2) is 22.0 Å². The van der Waals surface area contributed by atoms with E-state index in [1.807, 2.05) is 29.6 Å². The first kappa shape index (κ1) is 13.1. The Morgan fingerprint density at radius 1 is 1.52 bits per heavy atom. The normalized spacial score (nSPS) is 10.5. The molecule has 3 aromatic rings. The fraction of sp³-hybridized carbons (Fsp3) is 0.0714. The number of nitrogen functional groups attached to an aromatic ring is 1. The van der Waals surface area contributed by atoms with Crippen LogP contribution in [0.3, 0.4) is 0 Å². The molecule has 0 aliphatic heterocycles. The molecule has 0 saturated heterocycles. The predicted molar refractivity (Wildman–Crippen MR) is 79.4 cm³/mol. The number of carbonyl (C=O) groups is 1. The van der Waals surface area contributed by atoms with E-state index in [0.29, 0.717) is 0 Å². The molecule has 0 unspecified atom stereocenters. The van der Waals surface area contributed by atoms with Crippen molar-refractivity contribution in [2.45, 2.75) is 0 Å². The van der Waals surface area contributed by atoms with E-state index >= 15 is 0 Å². The molecule has 1 aromatic carbocycles. The Labute approximate surface area is 124 Å². The molecule has 0 spiro atoms. The molecule has 0 bridgehead atoms. The molecule has 2 aromatic heterocycles. The van der Waals surface area contributed by atoms with Crippen LogP contribution >= 0.6 is 11.5 Å². The number of hydrogen-bond acceptors (Lipinski definition) is 6. The maximum atomic E-state index is 12.0. The van der Waals surface area contributed by atoms with E-state index in [9.17, 15) is 4.79 Å². The first-order valence-electron chi connectivity index (χ1n) is 6.00. The number of nitriles is 1. The van der Waals surface area contributed by atoms with Gasteiger partial charge in [-0.05, 0) is 23.7 Å². The third-order valence-electron chi connectivity index (χ3n) is 3.18. The van der Waals surface area contributed by atoms with Crippen molar-refractivity contribution in [1.29, 1.82) is 5.26 Å². The van der Waals surface area contributed by atoms with E-state index in [1.165, 1.54) is 24.8 Å². The van der Waals surface area contributed by atoms with Gasteiger partial charge in [-0.15, -0.1) is 0 Å². The lowest BCUT2D eigenvalue weighted by Gasteiger charge is -2.09. The summed E-state index contributed by atoms with van der Waals surface area (Å²) < 4.78 is 10.6. The highest BCUT2D eigenvalue weighted by atomic mass is 32.1. The molecule has 2 heterocycles. The fourth-order valence-corrected chi connectivity index (χ4v) is 2.86. The smallest absolute Gasteiger partial charge is 0.357 e. The fourth-order valence-electron chi connectivity index (χ4n) is 2.19. The van der Waals surface area contributed by atoms with Gasteiger partial charge in [0.2, 0.25) is 0 Å². The van der Waals surface area contributed by atoms with Crippen molar-refractivity contribution in [1.82, 2.24) is 8.94 Å². The van der Waals surface area contributed by atoms with Crippen LogP contribution in [0.25, 0.3) is 16.6 Å². The second-order valence-corrected chi connectivity index (χ2v) is 4.93. The van der Waals surface area contributed by atoms with Crippen molar-refractivity contribution in [3.8, 4) is 11.8 Å². The molecule has 0 saturated carbocycles. The van der Waals surface area contributed by atoms with Crippen LogP contribution in [0, 0.1) is 11.3 Å². The standard InChI is InChI=1S/C14H10N4O2S/c1-20-14(19)13-12(16)8(5-15)6-18(13)11-4-2-3-10-9(11)7-21-17-10/h2-4,6-7H,16H2,1H3. The minimum absolute atomic E-state index is 0.115. The van der Waals surface area contributed by atoms with Gasteiger partial charge < -0.3 is 15.0 Å². The highest BCUT2D eigenvalue weighted by Crippen LogP contribution is 2.29. The van der Waals surface area contributed by atoms with Crippen LogP contribution in [0.2, 0.25) is 0 Å². The average Bonchev–Trinajstić information content (AvgIpc) is 3.10. The van der Waals surface area contributed by atoms with E-state index in [1.54, 1.807) is 4.57 Å². The van der Waals surface area contributed by atoms with Crippen molar-refractivity contribution in [3.63, 3.8) is 0 Å². The van der Waals surface area contributed by atoms with E-state index in [0.717, 1.165) is 16.6 Å². The van der Waals surface area contributed by atoms with E-state index in [4.69, 9.17) is 15.7 Å². The van der Waals surface area contributed by atoms with Crippen LogP contribution in [-0.2, 0) is 4.74 Å². The van der Waals surface area contributed by atoms with Gasteiger partial charge in [-0.1, -0.05) is 6.07 Å². The summed E-state index contributed by atoms with van der Waals surface area (Å²) in [6, 6.07) is 7.53. The summed E-state index contributed by atoms with van der Waals surface area (Å²) in [5.74, 6) is -0.589. The third-order valence-corrected chi connectivity index (χ3v) is 3.83. The van der Waals surface area contributed by atoms with Crippen molar-refractivity contribution < 1.29 is 9.53 Å². The SMILES string of the molecule is COC(=O)c1c(N)c(C#N)cn1-c1cccc2nscc12. The molecule has 3 rings (SSSR count). The van der Waals surface area contributed by atoms with Gasteiger partial charge >= 0.3 is 5.97 Å². The molecular formula is C14H10N4O2S. The molecule has 0 atom stereocenters.